The van der Waals surface area contributed by atoms with Crippen molar-refractivity contribution in [2.24, 2.45) is 0 Å². The van der Waals surface area contributed by atoms with Crippen molar-refractivity contribution in [2.75, 3.05) is 0 Å². The van der Waals surface area contributed by atoms with Gasteiger partial charge in [-0.1, -0.05) is 96.1 Å². The highest BCUT2D eigenvalue weighted by Crippen LogP contribution is 2.39. The largest absolute Gasteiger partial charge is 0.456 e. The Morgan fingerprint density at radius 1 is 0.486 bits per heavy atom. The van der Waals surface area contributed by atoms with Crippen LogP contribution in [-0.4, -0.2) is 0 Å². The van der Waals surface area contributed by atoms with Crippen LogP contribution in [0.25, 0.3) is 54.6 Å². The van der Waals surface area contributed by atoms with E-state index in [2.05, 4.69) is 126 Å². The summed E-state index contributed by atoms with van der Waals surface area (Å²) in [5.74, 6) is 0. The predicted molar refractivity (Wildman–Crippen MR) is 152 cm³/mol. The molecule has 0 saturated heterocycles. The molecule has 0 radical (unpaired) electrons. The van der Waals surface area contributed by atoms with E-state index in [1.165, 1.54) is 54.6 Å². The van der Waals surface area contributed by atoms with Crippen LogP contribution >= 0.6 is 0 Å². The van der Waals surface area contributed by atoms with Gasteiger partial charge in [-0.15, -0.1) is 0 Å². The first kappa shape index (κ1) is 21.9. The third kappa shape index (κ3) is 3.62. The van der Waals surface area contributed by atoms with E-state index in [0.29, 0.717) is 0 Å². The lowest BCUT2D eigenvalue weighted by Gasteiger charge is -2.23. The summed E-state index contributed by atoms with van der Waals surface area (Å²) in [6.45, 7) is 13.6. The van der Waals surface area contributed by atoms with Crippen LogP contribution in [-0.2, 0) is 10.8 Å². The monoisotopic (exact) mass is 456 g/mol. The molecule has 0 aliphatic carbocycles. The Morgan fingerprint density at radius 3 is 1.91 bits per heavy atom. The molecule has 0 aliphatic heterocycles. The lowest BCUT2D eigenvalue weighted by molar-refractivity contribution is 0.587. The number of hydrogen-bond acceptors (Lipinski definition) is 1. The molecule has 1 nitrogen and oxygen atoms in total. The molecule has 0 atom stereocenters. The van der Waals surface area contributed by atoms with Gasteiger partial charge in [-0.05, 0) is 85.0 Å². The van der Waals surface area contributed by atoms with E-state index < -0.39 is 0 Å². The fraction of sp³-hybridized carbons (Fsp3) is 0.235. The molecule has 0 N–H and O–H groups in total. The van der Waals surface area contributed by atoms with Crippen LogP contribution in [0.4, 0.5) is 0 Å². The van der Waals surface area contributed by atoms with E-state index in [4.69, 9.17) is 4.42 Å². The molecule has 0 fully saturated rings. The van der Waals surface area contributed by atoms with E-state index in [1.807, 2.05) is 0 Å². The molecule has 174 valence electrons. The highest BCUT2D eigenvalue weighted by Gasteiger charge is 2.20. The van der Waals surface area contributed by atoms with Crippen LogP contribution in [0, 0.1) is 0 Å². The molecule has 6 rings (SSSR count). The topological polar surface area (TPSA) is 13.1 Å². The van der Waals surface area contributed by atoms with Crippen molar-refractivity contribution < 1.29 is 4.42 Å². The minimum atomic E-state index is 0.0737. The van der Waals surface area contributed by atoms with Gasteiger partial charge in [0, 0.05) is 10.8 Å². The van der Waals surface area contributed by atoms with Crippen molar-refractivity contribution in [3.63, 3.8) is 0 Å². The van der Waals surface area contributed by atoms with Crippen LogP contribution < -0.4 is 0 Å². The van der Waals surface area contributed by atoms with Crippen LogP contribution in [0.1, 0.15) is 52.7 Å². The maximum atomic E-state index is 6.26. The molecule has 1 aromatic heterocycles. The third-order valence-corrected chi connectivity index (χ3v) is 7.34. The van der Waals surface area contributed by atoms with Crippen molar-refractivity contribution in [2.45, 2.75) is 52.4 Å². The maximum absolute atomic E-state index is 6.26. The Kier molecular flexibility index (Phi) is 4.67. The van der Waals surface area contributed by atoms with Gasteiger partial charge in [-0.2, -0.15) is 0 Å². The van der Waals surface area contributed by atoms with Crippen molar-refractivity contribution in [3.8, 4) is 11.1 Å². The van der Waals surface area contributed by atoms with Gasteiger partial charge >= 0.3 is 0 Å². The average molecular weight is 457 g/mol. The number of hydrogen-bond donors (Lipinski definition) is 0. The van der Waals surface area contributed by atoms with Gasteiger partial charge in [0.2, 0.25) is 0 Å². The van der Waals surface area contributed by atoms with Crippen molar-refractivity contribution in [3.05, 3.63) is 96.1 Å². The molecule has 0 spiro atoms. The van der Waals surface area contributed by atoms with Crippen LogP contribution in [0.2, 0.25) is 0 Å². The normalized spacial score (nSPS) is 12.9. The molecule has 1 heteroatoms. The molecule has 0 saturated carbocycles. The van der Waals surface area contributed by atoms with Gasteiger partial charge in [0.15, 0.2) is 0 Å². The highest BCUT2D eigenvalue weighted by atomic mass is 16.3. The zero-order valence-electron chi connectivity index (χ0n) is 21.5. The fourth-order valence-electron chi connectivity index (χ4n) is 5.33. The lowest BCUT2D eigenvalue weighted by atomic mass is 9.81. The molecule has 1 heterocycles. The zero-order valence-corrected chi connectivity index (χ0v) is 21.5. The number of benzene rings is 5. The van der Waals surface area contributed by atoms with Gasteiger partial charge in [0.1, 0.15) is 11.2 Å². The number of rotatable bonds is 1. The first-order valence-electron chi connectivity index (χ1n) is 12.5. The smallest absolute Gasteiger partial charge is 0.135 e. The van der Waals surface area contributed by atoms with Crippen molar-refractivity contribution >= 4 is 43.5 Å². The van der Waals surface area contributed by atoms with Gasteiger partial charge in [0.25, 0.3) is 0 Å². The molecule has 0 bridgehead atoms. The van der Waals surface area contributed by atoms with E-state index in [1.54, 1.807) is 0 Å². The quantitative estimate of drug-likeness (QED) is 0.224. The highest BCUT2D eigenvalue weighted by molar-refractivity contribution is 6.11. The summed E-state index contributed by atoms with van der Waals surface area (Å²) < 4.78 is 6.26. The van der Waals surface area contributed by atoms with Gasteiger partial charge in [0.05, 0.1) is 0 Å². The minimum Gasteiger partial charge on any atom is -0.456 e. The van der Waals surface area contributed by atoms with E-state index >= 15 is 0 Å². The summed E-state index contributed by atoms with van der Waals surface area (Å²) in [6.07, 6.45) is 0. The predicted octanol–water partition coefficient (Wildman–Crippen LogP) is 10.2. The summed E-state index contributed by atoms with van der Waals surface area (Å²) in [5, 5.41) is 7.61. The summed E-state index contributed by atoms with van der Waals surface area (Å²) in [4.78, 5) is 0. The van der Waals surface area contributed by atoms with E-state index in [0.717, 1.165) is 11.2 Å². The SMILES string of the molecule is CC(C)(C)c1ccc2c(c1)oc1ccc(-c3ccc4c(C(C)(C)C)cc5ccccc5c4c3)cc12. The van der Waals surface area contributed by atoms with Gasteiger partial charge < -0.3 is 4.42 Å². The average Bonchev–Trinajstić information content (AvgIpc) is 3.19. The zero-order chi connectivity index (χ0) is 24.5. The molecule has 0 amide bonds. The summed E-state index contributed by atoms with van der Waals surface area (Å²) >= 11 is 0. The molecule has 5 aromatic carbocycles. The van der Waals surface area contributed by atoms with Crippen LogP contribution in [0.5, 0.6) is 0 Å². The number of furan rings is 1. The molecular weight excluding hydrogens is 424 g/mol. The third-order valence-electron chi connectivity index (χ3n) is 7.34. The second-order valence-corrected chi connectivity index (χ2v) is 11.9. The Labute approximate surface area is 207 Å². The fourth-order valence-corrected chi connectivity index (χ4v) is 5.33. The molecule has 35 heavy (non-hydrogen) atoms. The Morgan fingerprint density at radius 2 is 1.17 bits per heavy atom. The van der Waals surface area contributed by atoms with Crippen molar-refractivity contribution in [1.82, 2.24) is 0 Å². The number of fused-ring (bicyclic) bond motifs is 6. The maximum Gasteiger partial charge on any atom is 0.135 e. The summed E-state index contributed by atoms with van der Waals surface area (Å²) in [5.41, 5.74) is 7.20. The Hall–Kier alpha value is -3.58. The second-order valence-electron chi connectivity index (χ2n) is 11.9. The van der Waals surface area contributed by atoms with Gasteiger partial charge in [-0.25, -0.2) is 0 Å². The summed E-state index contributed by atoms with van der Waals surface area (Å²) in [7, 11) is 0. The Bertz CT molecular complexity index is 1750. The first-order valence-corrected chi connectivity index (χ1v) is 12.5. The van der Waals surface area contributed by atoms with Crippen LogP contribution in [0.3, 0.4) is 0 Å². The molecule has 0 unspecified atom stereocenters. The summed E-state index contributed by atoms with van der Waals surface area (Å²) in [6, 6.07) is 31.3. The van der Waals surface area contributed by atoms with E-state index in [9.17, 15) is 0 Å². The Balaban J connectivity index is 1.56. The lowest BCUT2D eigenvalue weighted by Crippen LogP contribution is -2.11. The molecular formula is C34H32O. The standard InChI is InChI=1S/C34H32O/c1-33(2,3)24-13-15-27-29-18-22(12-16-31(29)35-32(27)20-24)21-11-14-26-28(17-21)25-10-8-7-9-23(25)19-30(26)34(4,5)6/h7-20H,1-6H3. The second kappa shape index (κ2) is 7.46. The van der Waals surface area contributed by atoms with Crippen LogP contribution in [0.15, 0.2) is 89.3 Å². The molecule has 0 aliphatic rings. The van der Waals surface area contributed by atoms with E-state index in [-0.39, 0.29) is 10.8 Å². The first-order chi connectivity index (χ1) is 16.6. The minimum absolute atomic E-state index is 0.0737. The van der Waals surface area contributed by atoms with Crippen molar-refractivity contribution in [1.29, 1.82) is 0 Å². The molecule has 6 aromatic rings. The van der Waals surface area contributed by atoms with Gasteiger partial charge in [-0.3, -0.25) is 0 Å².